The Labute approximate surface area is 166 Å². The van der Waals surface area contributed by atoms with E-state index >= 15 is 0 Å². The molecule has 0 spiro atoms. The molecule has 0 aliphatic rings. The molecule has 0 aliphatic carbocycles. The minimum Gasteiger partial charge on any atom is -0.327 e. The third-order valence-electron chi connectivity index (χ3n) is 4.78. The largest absolute Gasteiger partial charge is 0.327 e. The van der Waals surface area contributed by atoms with E-state index in [1.807, 2.05) is 24.4 Å². The van der Waals surface area contributed by atoms with Crippen LogP contribution in [0.1, 0.15) is 37.7 Å². The molecular weight excluding hydrogens is 374 g/mol. The normalized spacial score (nSPS) is 13.3. The molecule has 1 aromatic carbocycles. The van der Waals surface area contributed by atoms with Gasteiger partial charge >= 0.3 is 0 Å². The average Bonchev–Trinajstić information content (AvgIpc) is 3.03. The fraction of sp³-hybridized carbons (Fsp3) is 0.400. The van der Waals surface area contributed by atoms with Crippen LogP contribution in [0.15, 0.2) is 47.6 Å². The molecule has 1 atom stereocenters. The fourth-order valence-electron chi connectivity index (χ4n) is 3.13. The van der Waals surface area contributed by atoms with Gasteiger partial charge in [0, 0.05) is 39.1 Å². The first kappa shape index (κ1) is 20.4. The maximum absolute atomic E-state index is 12.4. The molecule has 0 amide bonds. The Bertz CT molecular complexity index is 1050. The summed E-state index contributed by atoms with van der Waals surface area (Å²) < 4.78 is 28.3. The molecule has 0 saturated carbocycles. The zero-order valence-corrected chi connectivity index (χ0v) is 17.6. The lowest BCUT2D eigenvalue weighted by Gasteiger charge is -2.14. The SMILES string of the molecule is CCCn1c(CNC(C)c2cccnc2)nc2cc(S(=O)(=O)N(C)C)ccc21. The monoisotopic (exact) mass is 401 g/mol. The van der Waals surface area contributed by atoms with Crippen LogP contribution in [0.5, 0.6) is 0 Å². The average molecular weight is 402 g/mol. The molecule has 7 nitrogen and oxygen atoms in total. The number of nitrogens with zero attached hydrogens (tertiary/aromatic N) is 4. The minimum atomic E-state index is -3.48. The lowest BCUT2D eigenvalue weighted by atomic mass is 10.1. The van der Waals surface area contributed by atoms with Gasteiger partial charge in [-0.25, -0.2) is 17.7 Å². The van der Waals surface area contributed by atoms with Crippen molar-refractivity contribution in [1.82, 2.24) is 24.2 Å². The van der Waals surface area contributed by atoms with Gasteiger partial charge in [0.25, 0.3) is 0 Å². The molecule has 0 saturated heterocycles. The second-order valence-electron chi connectivity index (χ2n) is 7.01. The third kappa shape index (κ3) is 4.09. The van der Waals surface area contributed by atoms with Gasteiger partial charge in [0.05, 0.1) is 22.5 Å². The van der Waals surface area contributed by atoms with E-state index in [0.717, 1.165) is 29.9 Å². The van der Waals surface area contributed by atoms with E-state index in [-0.39, 0.29) is 10.9 Å². The smallest absolute Gasteiger partial charge is 0.242 e. The maximum Gasteiger partial charge on any atom is 0.242 e. The fourth-order valence-corrected chi connectivity index (χ4v) is 4.06. The molecular formula is C20H27N5O2S. The third-order valence-corrected chi connectivity index (χ3v) is 6.59. The number of rotatable bonds is 8. The van der Waals surface area contributed by atoms with Crippen molar-refractivity contribution in [3.8, 4) is 0 Å². The zero-order chi connectivity index (χ0) is 20.3. The van der Waals surface area contributed by atoms with Gasteiger partial charge in [-0.3, -0.25) is 4.98 Å². The lowest BCUT2D eigenvalue weighted by Crippen LogP contribution is -2.22. The summed E-state index contributed by atoms with van der Waals surface area (Å²) in [5, 5.41) is 3.49. The van der Waals surface area contributed by atoms with Crippen molar-refractivity contribution in [2.24, 2.45) is 0 Å². The highest BCUT2D eigenvalue weighted by molar-refractivity contribution is 7.89. The number of hydrogen-bond donors (Lipinski definition) is 1. The molecule has 28 heavy (non-hydrogen) atoms. The summed E-state index contributed by atoms with van der Waals surface area (Å²) in [6.45, 7) is 5.62. The van der Waals surface area contributed by atoms with Gasteiger partial charge in [0.1, 0.15) is 5.82 Å². The van der Waals surface area contributed by atoms with Crippen LogP contribution in [0.3, 0.4) is 0 Å². The molecule has 1 unspecified atom stereocenters. The molecule has 3 rings (SSSR count). The van der Waals surface area contributed by atoms with Gasteiger partial charge in [-0.1, -0.05) is 13.0 Å². The van der Waals surface area contributed by atoms with E-state index < -0.39 is 10.0 Å². The highest BCUT2D eigenvalue weighted by Gasteiger charge is 2.20. The number of aryl methyl sites for hydroxylation is 1. The highest BCUT2D eigenvalue weighted by Crippen LogP contribution is 2.23. The Morgan fingerprint density at radius 2 is 2.04 bits per heavy atom. The summed E-state index contributed by atoms with van der Waals surface area (Å²) in [5.41, 5.74) is 2.76. The second-order valence-corrected chi connectivity index (χ2v) is 9.16. The van der Waals surface area contributed by atoms with Crippen LogP contribution in [0.2, 0.25) is 0 Å². The number of aromatic nitrogens is 3. The topological polar surface area (TPSA) is 80.1 Å². The first-order valence-corrected chi connectivity index (χ1v) is 10.8. The molecule has 3 aromatic rings. The molecule has 150 valence electrons. The molecule has 0 aliphatic heterocycles. The molecule has 0 bridgehead atoms. The molecule has 0 radical (unpaired) electrons. The van der Waals surface area contributed by atoms with E-state index in [1.54, 1.807) is 18.3 Å². The number of benzene rings is 1. The molecule has 0 fully saturated rings. The summed E-state index contributed by atoms with van der Waals surface area (Å²) in [6.07, 6.45) is 4.58. The van der Waals surface area contributed by atoms with E-state index in [2.05, 4.69) is 28.7 Å². The number of pyridine rings is 1. The summed E-state index contributed by atoms with van der Waals surface area (Å²) in [5.74, 6) is 0.895. The predicted molar refractivity (Wildman–Crippen MR) is 110 cm³/mol. The van der Waals surface area contributed by atoms with Crippen molar-refractivity contribution in [1.29, 1.82) is 0 Å². The Kier molecular flexibility index (Phi) is 6.12. The molecule has 8 heteroatoms. The van der Waals surface area contributed by atoms with Crippen LogP contribution in [-0.4, -0.2) is 41.4 Å². The Morgan fingerprint density at radius 3 is 2.68 bits per heavy atom. The zero-order valence-electron chi connectivity index (χ0n) is 16.8. The van der Waals surface area contributed by atoms with Crippen LogP contribution in [0.25, 0.3) is 11.0 Å². The predicted octanol–water partition coefficient (Wildman–Crippen LogP) is 2.94. The first-order chi connectivity index (χ1) is 13.3. The maximum atomic E-state index is 12.4. The van der Waals surface area contributed by atoms with Gasteiger partial charge in [-0.05, 0) is 43.2 Å². The van der Waals surface area contributed by atoms with E-state index in [9.17, 15) is 8.42 Å². The summed E-state index contributed by atoms with van der Waals surface area (Å²) >= 11 is 0. The van der Waals surface area contributed by atoms with Gasteiger partial charge in [-0.2, -0.15) is 0 Å². The molecule has 2 heterocycles. The minimum absolute atomic E-state index is 0.133. The summed E-state index contributed by atoms with van der Waals surface area (Å²) in [7, 11) is -0.420. The van der Waals surface area contributed by atoms with Crippen molar-refractivity contribution in [3.05, 3.63) is 54.1 Å². The van der Waals surface area contributed by atoms with Crippen molar-refractivity contribution >= 4 is 21.1 Å². The quantitative estimate of drug-likeness (QED) is 0.628. The first-order valence-electron chi connectivity index (χ1n) is 9.39. The van der Waals surface area contributed by atoms with Crippen LogP contribution in [0, 0.1) is 0 Å². The van der Waals surface area contributed by atoms with Crippen LogP contribution >= 0.6 is 0 Å². The number of fused-ring (bicyclic) bond motifs is 1. The van der Waals surface area contributed by atoms with E-state index in [1.165, 1.54) is 18.4 Å². The lowest BCUT2D eigenvalue weighted by molar-refractivity contribution is 0.521. The molecule has 2 aromatic heterocycles. The standard InChI is InChI=1S/C20H27N5O2S/c1-5-11-25-19-9-8-17(28(26,27)24(3)4)12-18(19)23-20(25)14-22-15(2)16-7-6-10-21-13-16/h6-10,12-13,15,22H,5,11,14H2,1-4H3. The van der Waals surface area contributed by atoms with Gasteiger partial charge in [-0.15, -0.1) is 0 Å². The summed E-state index contributed by atoms with van der Waals surface area (Å²) in [4.78, 5) is 9.16. The number of imidazole rings is 1. The van der Waals surface area contributed by atoms with Crippen LogP contribution in [-0.2, 0) is 23.1 Å². The summed E-state index contributed by atoms with van der Waals surface area (Å²) in [6, 6.07) is 9.26. The van der Waals surface area contributed by atoms with E-state index in [0.29, 0.717) is 12.1 Å². The van der Waals surface area contributed by atoms with Crippen molar-refractivity contribution in [3.63, 3.8) is 0 Å². The number of sulfonamides is 1. The Hall–Kier alpha value is -2.29. The van der Waals surface area contributed by atoms with Crippen molar-refractivity contribution < 1.29 is 8.42 Å². The van der Waals surface area contributed by atoms with Gasteiger partial charge in [0.15, 0.2) is 0 Å². The van der Waals surface area contributed by atoms with Crippen molar-refractivity contribution in [2.45, 2.75) is 44.3 Å². The van der Waals surface area contributed by atoms with E-state index in [4.69, 9.17) is 4.98 Å². The molecule has 1 N–H and O–H groups in total. The Morgan fingerprint density at radius 1 is 1.25 bits per heavy atom. The van der Waals surface area contributed by atoms with Crippen molar-refractivity contribution in [2.75, 3.05) is 14.1 Å². The number of nitrogens with one attached hydrogen (secondary N) is 1. The van der Waals surface area contributed by atoms with Crippen LogP contribution < -0.4 is 5.32 Å². The van der Waals surface area contributed by atoms with Gasteiger partial charge in [0.2, 0.25) is 10.0 Å². The van der Waals surface area contributed by atoms with Crippen LogP contribution in [0.4, 0.5) is 0 Å². The highest BCUT2D eigenvalue weighted by atomic mass is 32.2. The second kappa shape index (κ2) is 8.38. The Balaban J connectivity index is 1.92. The van der Waals surface area contributed by atoms with Gasteiger partial charge < -0.3 is 9.88 Å². The number of hydrogen-bond acceptors (Lipinski definition) is 5.